The topological polar surface area (TPSA) is 58.6 Å². The number of nitrogens with zero attached hydrogens (tertiary/aromatic N) is 1. The number of benzene rings is 1. The van der Waals surface area contributed by atoms with Crippen molar-refractivity contribution in [3.8, 4) is 0 Å². The van der Waals surface area contributed by atoms with Gasteiger partial charge < -0.3 is 4.74 Å². The maximum Gasteiger partial charge on any atom is 0.332 e. The van der Waals surface area contributed by atoms with Gasteiger partial charge in [0.05, 0.1) is 4.75 Å². The molecule has 5 rings (SSSR count). The van der Waals surface area contributed by atoms with Crippen LogP contribution in [0.25, 0.3) is 0 Å². The molecule has 0 radical (unpaired) electrons. The first-order chi connectivity index (χ1) is 12.4. The number of ether oxygens (including phenoxy) is 1. The number of esters is 1. The summed E-state index contributed by atoms with van der Waals surface area (Å²) in [6.45, 7) is 8.90. The second-order valence-corrected chi connectivity index (χ2v) is 10.0. The van der Waals surface area contributed by atoms with Crippen molar-refractivity contribution in [2.24, 2.45) is 5.92 Å². The van der Waals surface area contributed by atoms with Gasteiger partial charge in [0.2, 0.25) is 0 Å². The Hall–Kier alpha value is -1.24. The van der Waals surface area contributed by atoms with Crippen LogP contribution in [0.3, 0.4) is 0 Å². The van der Waals surface area contributed by atoms with Crippen molar-refractivity contribution < 1.29 is 13.7 Å². The molecule has 3 saturated heterocycles. The zero-order chi connectivity index (χ0) is 18.5. The third kappa shape index (κ3) is 2.65. The Kier molecular flexibility index (Phi) is 4.48. The van der Waals surface area contributed by atoms with Crippen molar-refractivity contribution in [1.82, 2.24) is 9.62 Å². The van der Waals surface area contributed by atoms with Crippen LogP contribution in [0.4, 0.5) is 0 Å². The third-order valence-corrected chi connectivity index (χ3v) is 8.18. The first-order valence-electron chi connectivity index (χ1n) is 9.61. The lowest BCUT2D eigenvalue weighted by Crippen LogP contribution is -2.60. The second kappa shape index (κ2) is 6.43. The molecule has 0 saturated carbocycles. The molecule has 1 N–H and O–H groups in total. The van der Waals surface area contributed by atoms with Gasteiger partial charge in [0.1, 0.15) is 17.1 Å². The van der Waals surface area contributed by atoms with E-state index in [4.69, 9.17) is 4.74 Å². The van der Waals surface area contributed by atoms with Gasteiger partial charge in [0.15, 0.2) is 5.54 Å². The lowest BCUT2D eigenvalue weighted by atomic mass is 9.80. The Labute approximate surface area is 158 Å². The van der Waals surface area contributed by atoms with E-state index in [9.17, 15) is 9.00 Å². The molecule has 1 aromatic rings. The lowest BCUT2D eigenvalue weighted by molar-refractivity contribution is -0.167. The Balaban J connectivity index is 1.68. The summed E-state index contributed by atoms with van der Waals surface area (Å²) in [7, 11) is -1.37. The molecule has 2 bridgehead atoms. The first-order valence-corrected chi connectivity index (χ1v) is 10.8. The number of carbonyl (C=O) groups is 1. The van der Waals surface area contributed by atoms with E-state index < -0.39 is 21.3 Å². The molecular weight excluding hydrogens is 348 g/mol. The maximum absolute atomic E-state index is 13.4. The quantitative estimate of drug-likeness (QED) is 0.823. The molecule has 4 aliphatic heterocycles. The van der Waals surface area contributed by atoms with E-state index in [1.807, 2.05) is 45.0 Å². The molecule has 3 fully saturated rings. The number of nitrogens with one attached hydrogen (secondary N) is 1. The average molecular weight is 377 g/mol. The van der Waals surface area contributed by atoms with Crippen LogP contribution < -0.4 is 4.72 Å². The highest BCUT2D eigenvalue weighted by Gasteiger charge is 2.52. The monoisotopic (exact) mass is 376 g/mol. The van der Waals surface area contributed by atoms with Crippen LogP contribution in [-0.2, 0) is 30.8 Å². The van der Waals surface area contributed by atoms with Gasteiger partial charge in [0, 0.05) is 6.54 Å². The Morgan fingerprint density at radius 1 is 1.27 bits per heavy atom. The smallest absolute Gasteiger partial charge is 0.332 e. The van der Waals surface area contributed by atoms with Crippen molar-refractivity contribution in [2.45, 2.75) is 56.4 Å². The van der Waals surface area contributed by atoms with E-state index in [0.717, 1.165) is 43.6 Å². The minimum Gasteiger partial charge on any atom is -0.459 e. The number of fused-ring (bicyclic) bond motifs is 4. The fourth-order valence-electron chi connectivity index (χ4n) is 4.66. The minimum atomic E-state index is -1.37. The molecule has 4 aliphatic rings. The van der Waals surface area contributed by atoms with Crippen LogP contribution in [0.15, 0.2) is 24.3 Å². The summed E-state index contributed by atoms with van der Waals surface area (Å²) < 4.78 is 21.6. The molecule has 5 nitrogen and oxygen atoms in total. The van der Waals surface area contributed by atoms with Crippen LogP contribution in [0.2, 0.25) is 0 Å². The van der Waals surface area contributed by atoms with Crippen LogP contribution >= 0.6 is 0 Å². The molecule has 0 aromatic heterocycles. The average Bonchev–Trinajstić information content (AvgIpc) is 2.66. The van der Waals surface area contributed by atoms with Gasteiger partial charge in [-0.15, -0.1) is 0 Å². The molecule has 142 valence electrons. The Bertz CT molecular complexity index is 742. The number of piperidine rings is 3. The predicted molar refractivity (Wildman–Crippen MR) is 102 cm³/mol. The fraction of sp³-hybridized carbons (Fsp3) is 0.650. The van der Waals surface area contributed by atoms with E-state index in [1.165, 1.54) is 0 Å². The van der Waals surface area contributed by atoms with Gasteiger partial charge >= 0.3 is 5.97 Å². The summed E-state index contributed by atoms with van der Waals surface area (Å²) in [6.07, 6.45) is 2.65. The molecule has 4 heterocycles. The highest BCUT2D eigenvalue weighted by atomic mass is 32.2. The molecule has 2 unspecified atom stereocenters. The van der Waals surface area contributed by atoms with Crippen LogP contribution in [-0.4, -0.2) is 40.8 Å². The lowest BCUT2D eigenvalue weighted by Gasteiger charge is -2.47. The number of hydrogen-bond donors (Lipinski definition) is 1. The molecule has 26 heavy (non-hydrogen) atoms. The maximum atomic E-state index is 13.4. The predicted octanol–water partition coefficient (Wildman–Crippen LogP) is 2.43. The van der Waals surface area contributed by atoms with E-state index >= 15 is 0 Å². The van der Waals surface area contributed by atoms with Crippen molar-refractivity contribution in [2.75, 3.05) is 19.6 Å². The van der Waals surface area contributed by atoms with Gasteiger partial charge in [-0.3, -0.25) is 4.90 Å². The largest absolute Gasteiger partial charge is 0.459 e. The normalized spacial score (nSPS) is 37.8. The first kappa shape index (κ1) is 18.1. The zero-order valence-electron chi connectivity index (χ0n) is 15.8. The second-order valence-electron chi connectivity index (χ2n) is 8.27. The molecule has 3 atom stereocenters. The summed E-state index contributed by atoms with van der Waals surface area (Å²) in [5, 5.41) is 0. The van der Waals surface area contributed by atoms with Gasteiger partial charge in [0.25, 0.3) is 0 Å². The molecule has 1 aromatic carbocycles. The minimum absolute atomic E-state index is 0.0502. The SMILES string of the molecule is CCC1(C(=O)O[C@H]2CN3CCC2CC3)NS(=O)C(C)(C)c2ccccc21. The van der Waals surface area contributed by atoms with E-state index in [1.54, 1.807) is 0 Å². The molecule has 0 amide bonds. The Morgan fingerprint density at radius 3 is 2.50 bits per heavy atom. The Morgan fingerprint density at radius 2 is 1.92 bits per heavy atom. The van der Waals surface area contributed by atoms with Crippen LogP contribution in [0, 0.1) is 5.92 Å². The summed E-state index contributed by atoms with van der Waals surface area (Å²) in [5.41, 5.74) is 0.825. The molecule has 6 heteroatoms. The highest BCUT2D eigenvalue weighted by molar-refractivity contribution is 7.84. The van der Waals surface area contributed by atoms with Crippen LogP contribution in [0.1, 0.15) is 51.2 Å². The van der Waals surface area contributed by atoms with Crippen LogP contribution in [0.5, 0.6) is 0 Å². The van der Waals surface area contributed by atoms with Gasteiger partial charge in [-0.1, -0.05) is 31.2 Å². The molecule has 0 spiro atoms. The third-order valence-electron chi connectivity index (χ3n) is 6.50. The number of rotatable bonds is 3. The summed E-state index contributed by atoms with van der Waals surface area (Å²) >= 11 is 0. The van der Waals surface area contributed by atoms with E-state index in [0.29, 0.717) is 12.3 Å². The fourth-order valence-corrected chi connectivity index (χ4v) is 5.95. The molecule has 0 aliphatic carbocycles. The standard InChI is InChI=1S/C20H28N2O3S/c1-4-20(18(23)25-17-13-22-11-9-14(17)10-12-22)16-8-6-5-7-15(16)19(2,3)26(24)21-20/h5-8,14,17,21H,4,9-13H2,1-3H3/t17-,20?,26?/m0/s1. The van der Waals surface area contributed by atoms with E-state index in [-0.39, 0.29) is 12.1 Å². The summed E-state index contributed by atoms with van der Waals surface area (Å²) in [5.74, 6) is 0.175. The van der Waals surface area contributed by atoms with Crippen molar-refractivity contribution in [3.63, 3.8) is 0 Å². The van der Waals surface area contributed by atoms with Gasteiger partial charge in [-0.25, -0.2) is 13.7 Å². The molecular formula is C20H28N2O3S. The number of hydrogen-bond acceptors (Lipinski definition) is 4. The number of carbonyl (C=O) groups excluding carboxylic acids is 1. The summed E-state index contributed by atoms with van der Waals surface area (Å²) in [6, 6.07) is 7.85. The van der Waals surface area contributed by atoms with Crippen molar-refractivity contribution in [3.05, 3.63) is 35.4 Å². The summed E-state index contributed by atoms with van der Waals surface area (Å²) in [4.78, 5) is 15.8. The van der Waals surface area contributed by atoms with Crippen molar-refractivity contribution >= 4 is 17.0 Å². The van der Waals surface area contributed by atoms with Gasteiger partial charge in [-0.2, -0.15) is 0 Å². The highest BCUT2D eigenvalue weighted by Crippen LogP contribution is 2.43. The van der Waals surface area contributed by atoms with E-state index in [2.05, 4.69) is 9.62 Å². The van der Waals surface area contributed by atoms with Crippen molar-refractivity contribution in [1.29, 1.82) is 0 Å². The zero-order valence-corrected chi connectivity index (χ0v) is 16.6. The van der Waals surface area contributed by atoms with Gasteiger partial charge in [-0.05, 0) is 63.2 Å².